The van der Waals surface area contributed by atoms with Gasteiger partial charge in [0.25, 0.3) is 0 Å². The van der Waals surface area contributed by atoms with E-state index in [0.29, 0.717) is 19.3 Å². The molecule has 0 saturated heterocycles. The number of carbonyl (C=O) groups excluding carboxylic acids is 3. The van der Waals surface area contributed by atoms with Crippen molar-refractivity contribution in [2.75, 3.05) is 13.2 Å². The molecule has 80 heavy (non-hydrogen) atoms. The zero-order valence-electron chi connectivity index (χ0n) is 54.1. The van der Waals surface area contributed by atoms with Gasteiger partial charge in [0, 0.05) is 19.3 Å². The Hall–Kier alpha value is -2.37. The molecule has 470 valence electrons. The molecule has 0 N–H and O–H groups in total. The number of rotatable bonds is 67. The summed E-state index contributed by atoms with van der Waals surface area (Å²) >= 11 is 0. The Morgan fingerprint density at radius 1 is 0.250 bits per heavy atom. The van der Waals surface area contributed by atoms with Gasteiger partial charge in [0.2, 0.25) is 0 Å². The molecule has 1 atom stereocenters. The largest absolute Gasteiger partial charge is 0.462 e. The highest BCUT2D eigenvalue weighted by atomic mass is 16.6. The number of carbonyl (C=O) groups is 3. The third-order valence-corrected chi connectivity index (χ3v) is 16.4. The second-order valence-corrected chi connectivity index (χ2v) is 24.5. The molecule has 0 rings (SSSR count). The standard InChI is InChI=1S/C74H138O6/c1-4-7-10-13-16-19-22-25-27-29-31-33-34-35-36-37-38-39-40-42-43-45-47-49-52-55-58-61-64-67-73(76)79-70-71(69-78-72(75)66-63-60-57-54-51-24-21-18-15-12-9-6-3)80-74(77)68-65-62-59-56-53-50-48-46-44-41-32-30-28-26-23-20-17-14-11-8-5-2/h18,21,23,26,30,32,71H,4-17,19-20,22,24-25,27-29,31,33-70H2,1-3H3/b21-18-,26-23-,32-30-. The maximum atomic E-state index is 12.9. The Labute approximate surface area is 499 Å². The van der Waals surface area contributed by atoms with Crippen molar-refractivity contribution in [3.05, 3.63) is 36.5 Å². The van der Waals surface area contributed by atoms with Gasteiger partial charge in [-0.05, 0) is 77.0 Å². The van der Waals surface area contributed by atoms with Crippen LogP contribution in [0.15, 0.2) is 36.5 Å². The number of hydrogen-bond acceptors (Lipinski definition) is 6. The highest BCUT2D eigenvalue weighted by Crippen LogP contribution is 2.19. The van der Waals surface area contributed by atoms with Crippen LogP contribution in [-0.4, -0.2) is 37.2 Å². The average Bonchev–Trinajstić information content (AvgIpc) is 3.46. The first-order chi connectivity index (χ1) is 39.5. The van der Waals surface area contributed by atoms with E-state index in [0.717, 1.165) is 70.6 Å². The van der Waals surface area contributed by atoms with Gasteiger partial charge >= 0.3 is 17.9 Å². The van der Waals surface area contributed by atoms with Crippen LogP contribution >= 0.6 is 0 Å². The molecule has 6 heteroatoms. The highest BCUT2D eigenvalue weighted by molar-refractivity contribution is 5.71. The third kappa shape index (κ3) is 66.4. The van der Waals surface area contributed by atoms with Gasteiger partial charge in [-0.3, -0.25) is 14.4 Å². The molecule has 1 unspecified atom stereocenters. The predicted molar refractivity (Wildman–Crippen MR) is 349 cm³/mol. The Balaban J connectivity index is 4.16. The summed E-state index contributed by atoms with van der Waals surface area (Å²) in [5.41, 5.74) is 0. The van der Waals surface area contributed by atoms with Crippen molar-refractivity contribution in [3.63, 3.8) is 0 Å². The zero-order chi connectivity index (χ0) is 57.8. The zero-order valence-corrected chi connectivity index (χ0v) is 54.1. The van der Waals surface area contributed by atoms with E-state index in [4.69, 9.17) is 14.2 Å². The lowest BCUT2D eigenvalue weighted by atomic mass is 10.0. The van der Waals surface area contributed by atoms with Crippen molar-refractivity contribution in [1.82, 2.24) is 0 Å². The van der Waals surface area contributed by atoms with Crippen LogP contribution in [0.1, 0.15) is 400 Å². The summed E-state index contributed by atoms with van der Waals surface area (Å²) in [6.07, 6.45) is 86.2. The molecule has 0 aromatic heterocycles. The molecule has 0 spiro atoms. The second-order valence-electron chi connectivity index (χ2n) is 24.5. The first-order valence-electron chi connectivity index (χ1n) is 36.0. The van der Waals surface area contributed by atoms with Gasteiger partial charge in [-0.25, -0.2) is 0 Å². The summed E-state index contributed by atoms with van der Waals surface area (Å²) in [6.45, 7) is 6.67. The summed E-state index contributed by atoms with van der Waals surface area (Å²) in [5.74, 6) is -0.859. The Bertz CT molecular complexity index is 1340. The van der Waals surface area contributed by atoms with Crippen LogP contribution in [0.25, 0.3) is 0 Å². The van der Waals surface area contributed by atoms with Crippen LogP contribution < -0.4 is 0 Å². The van der Waals surface area contributed by atoms with Crippen LogP contribution in [-0.2, 0) is 28.6 Å². The average molecular weight is 1120 g/mol. The first-order valence-corrected chi connectivity index (χ1v) is 36.0. The SMILES string of the molecule is CCCCC/C=C\CCCCCCCC(=O)OCC(COC(=O)CCCCCCCCCCCCCCCCCCCCCCCCCCCCCCC)OC(=O)CCCCCCCCCCC/C=C\C/C=C\CCCCCCC. The van der Waals surface area contributed by atoms with E-state index in [-0.39, 0.29) is 31.1 Å². The van der Waals surface area contributed by atoms with Crippen molar-refractivity contribution in [2.45, 2.75) is 406 Å². The van der Waals surface area contributed by atoms with Gasteiger partial charge in [-0.1, -0.05) is 340 Å². The number of allylic oxidation sites excluding steroid dienone is 6. The van der Waals surface area contributed by atoms with Gasteiger partial charge < -0.3 is 14.2 Å². The molecule has 6 nitrogen and oxygen atoms in total. The molecule has 0 heterocycles. The lowest BCUT2D eigenvalue weighted by molar-refractivity contribution is -0.167. The number of hydrogen-bond donors (Lipinski definition) is 0. The van der Waals surface area contributed by atoms with Gasteiger partial charge in [0.15, 0.2) is 6.10 Å². The molecular formula is C74H138O6. The van der Waals surface area contributed by atoms with Crippen molar-refractivity contribution in [3.8, 4) is 0 Å². The fraction of sp³-hybridized carbons (Fsp3) is 0.878. The van der Waals surface area contributed by atoms with E-state index in [1.807, 2.05) is 0 Å². The minimum absolute atomic E-state index is 0.0720. The molecule has 0 aromatic carbocycles. The van der Waals surface area contributed by atoms with Crippen LogP contribution in [0.2, 0.25) is 0 Å². The van der Waals surface area contributed by atoms with Gasteiger partial charge in [-0.2, -0.15) is 0 Å². The number of esters is 3. The van der Waals surface area contributed by atoms with Gasteiger partial charge in [0.05, 0.1) is 0 Å². The van der Waals surface area contributed by atoms with E-state index in [9.17, 15) is 14.4 Å². The quantitative estimate of drug-likeness (QED) is 0.0261. The van der Waals surface area contributed by atoms with E-state index in [2.05, 4.69) is 57.2 Å². The summed E-state index contributed by atoms with van der Waals surface area (Å²) in [6, 6.07) is 0. The van der Waals surface area contributed by atoms with Crippen molar-refractivity contribution in [1.29, 1.82) is 0 Å². The van der Waals surface area contributed by atoms with Crippen molar-refractivity contribution in [2.24, 2.45) is 0 Å². The molecule has 0 aliphatic carbocycles. The van der Waals surface area contributed by atoms with Crippen LogP contribution in [0.5, 0.6) is 0 Å². The highest BCUT2D eigenvalue weighted by Gasteiger charge is 2.19. The van der Waals surface area contributed by atoms with Crippen LogP contribution in [0, 0.1) is 0 Å². The van der Waals surface area contributed by atoms with E-state index >= 15 is 0 Å². The number of unbranched alkanes of at least 4 members (excludes halogenated alkanes) is 50. The first kappa shape index (κ1) is 77.6. The van der Waals surface area contributed by atoms with E-state index in [1.165, 1.54) is 289 Å². The summed E-state index contributed by atoms with van der Waals surface area (Å²) < 4.78 is 17.0. The molecule has 0 radical (unpaired) electrons. The van der Waals surface area contributed by atoms with Gasteiger partial charge in [-0.15, -0.1) is 0 Å². The normalized spacial score (nSPS) is 12.2. The van der Waals surface area contributed by atoms with Crippen LogP contribution in [0.4, 0.5) is 0 Å². The van der Waals surface area contributed by atoms with Crippen LogP contribution in [0.3, 0.4) is 0 Å². The topological polar surface area (TPSA) is 78.9 Å². The lowest BCUT2D eigenvalue weighted by Gasteiger charge is -2.18. The third-order valence-electron chi connectivity index (χ3n) is 16.4. The minimum Gasteiger partial charge on any atom is -0.462 e. The van der Waals surface area contributed by atoms with Crippen molar-refractivity contribution >= 4 is 17.9 Å². The molecule has 0 aliphatic heterocycles. The minimum atomic E-state index is -0.777. The lowest BCUT2D eigenvalue weighted by Crippen LogP contribution is -2.30. The number of ether oxygens (including phenoxy) is 3. The molecule has 0 saturated carbocycles. The molecule has 0 aromatic rings. The maximum Gasteiger partial charge on any atom is 0.306 e. The smallest absolute Gasteiger partial charge is 0.306 e. The van der Waals surface area contributed by atoms with E-state index in [1.54, 1.807) is 0 Å². The van der Waals surface area contributed by atoms with Gasteiger partial charge in [0.1, 0.15) is 13.2 Å². The maximum absolute atomic E-state index is 12.9. The Kier molecular flexibility index (Phi) is 67.1. The Morgan fingerprint density at radius 2 is 0.450 bits per heavy atom. The molecule has 0 aliphatic rings. The predicted octanol–water partition coefficient (Wildman–Crippen LogP) is 24.7. The summed E-state index contributed by atoms with van der Waals surface area (Å²) in [4.78, 5) is 38.4. The van der Waals surface area contributed by atoms with Crippen molar-refractivity contribution < 1.29 is 28.6 Å². The molecular weight excluding hydrogens is 985 g/mol. The molecule has 0 bridgehead atoms. The molecule has 0 amide bonds. The van der Waals surface area contributed by atoms with E-state index < -0.39 is 6.10 Å². The summed E-state index contributed by atoms with van der Waals surface area (Å²) in [7, 11) is 0. The second kappa shape index (κ2) is 69.1. The monoisotopic (exact) mass is 1120 g/mol. The fourth-order valence-corrected chi connectivity index (χ4v) is 10.9. The summed E-state index contributed by atoms with van der Waals surface area (Å²) in [5, 5.41) is 0. The molecule has 0 fully saturated rings. The Morgan fingerprint density at radius 3 is 0.725 bits per heavy atom. The fourth-order valence-electron chi connectivity index (χ4n) is 10.9.